The molecule has 9 heteroatoms. The van der Waals surface area contributed by atoms with E-state index in [0.29, 0.717) is 11.5 Å². The largest absolute Gasteiger partial charge is 0.485 e. The van der Waals surface area contributed by atoms with Gasteiger partial charge in [0.1, 0.15) is 12.4 Å². The van der Waals surface area contributed by atoms with Gasteiger partial charge in [0.15, 0.2) is 18.1 Å². The molecule has 0 aromatic heterocycles. The highest BCUT2D eigenvalue weighted by Gasteiger charge is 2.29. The lowest BCUT2D eigenvalue weighted by Crippen LogP contribution is -2.41. The summed E-state index contributed by atoms with van der Waals surface area (Å²) in [5.41, 5.74) is -0.0915. The van der Waals surface area contributed by atoms with Crippen molar-refractivity contribution < 1.29 is 33.0 Å². The predicted molar refractivity (Wildman–Crippen MR) is 90.9 cm³/mol. The molecule has 2 N–H and O–H groups in total. The van der Waals surface area contributed by atoms with E-state index < -0.39 is 36.4 Å². The molecule has 1 heterocycles. The SMILES string of the molecule is O=C(COC(=O)[C@H]1COc2ccccc2O1)NC(=O)Nc1ccccc1F. The Morgan fingerprint density at radius 2 is 1.78 bits per heavy atom. The maximum atomic E-state index is 13.4. The molecule has 1 aliphatic rings. The molecule has 140 valence electrons. The van der Waals surface area contributed by atoms with Crippen molar-refractivity contribution in [2.24, 2.45) is 0 Å². The number of nitrogens with one attached hydrogen (secondary N) is 2. The normalized spacial score (nSPS) is 14.8. The van der Waals surface area contributed by atoms with E-state index in [4.69, 9.17) is 14.2 Å². The molecule has 0 fully saturated rings. The molecule has 0 saturated heterocycles. The topological polar surface area (TPSA) is 103 Å². The van der Waals surface area contributed by atoms with Crippen LogP contribution in [0.4, 0.5) is 14.9 Å². The molecule has 1 aliphatic heterocycles. The summed E-state index contributed by atoms with van der Waals surface area (Å²) in [6.07, 6.45) is -1.03. The molecule has 3 rings (SSSR count). The van der Waals surface area contributed by atoms with E-state index in [2.05, 4.69) is 5.32 Å². The fourth-order valence-electron chi connectivity index (χ4n) is 2.24. The van der Waals surface area contributed by atoms with Gasteiger partial charge < -0.3 is 19.5 Å². The smallest absolute Gasteiger partial charge is 0.351 e. The Morgan fingerprint density at radius 1 is 1.07 bits per heavy atom. The molecule has 1 atom stereocenters. The monoisotopic (exact) mass is 374 g/mol. The molecule has 0 bridgehead atoms. The second kappa shape index (κ2) is 8.17. The summed E-state index contributed by atoms with van der Waals surface area (Å²) < 4.78 is 29.1. The third-order valence-corrected chi connectivity index (χ3v) is 3.49. The highest BCUT2D eigenvalue weighted by Crippen LogP contribution is 2.31. The Balaban J connectivity index is 1.44. The number of benzene rings is 2. The molecule has 27 heavy (non-hydrogen) atoms. The first kappa shape index (κ1) is 18.2. The number of carbonyl (C=O) groups is 3. The average Bonchev–Trinajstić information content (AvgIpc) is 2.67. The number of halogens is 1. The lowest BCUT2D eigenvalue weighted by Gasteiger charge is -2.24. The Hall–Kier alpha value is -3.62. The second-order valence-corrected chi connectivity index (χ2v) is 5.45. The zero-order valence-electron chi connectivity index (χ0n) is 13.9. The summed E-state index contributed by atoms with van der Waals surface area (Å²) in [5.74, 6) is -1.45. The van der Waals surface area contributed by atoms with Crippen molar-refractivity contribution in [3.05, 3.63) is 54.3 Å². The van der Waals surface area contributed by atoms with Crippen LogP contribution in [0.1, 0.15) is 0 Å². The van der Waals surface area contributed by atoms with Gasteiger partial charge in [-0.15, -0.1) is 0 Å². The third kappa shape index (κ3) is 4.72. The Kier molecular flexibility index (Phi) is 5.50. The summed E-state index contributed by atoms with van der Waals surface area (Å²) in [6, 6.07) is 11.3. The first-order valence-electron chi connectivity index (χ1n) is 7.93. The number of imide groups is 1. The van der Waals surface area contributed by atoms with Crippen molar-refractivity contribution in [2.75, 3.05) is 18.5 Å². The van der Waals surface area contributed by atoms with Crippen LogP contribution in [0.5, 0.6) is 11.5 Å². The summed E-state index contributed by atoms with van der Waals surface area (Å²) in [4.78, 5) is 35.3. The lowest BCUT2D eigenvalue weighted by molar-refractivity contribution is -0.157. The van der Waals surface area contributed by atoms with Crippen LogP contribution in [0, 0.1) is 5.82 Å². The Labute approximate surface area is 153 Å². The van der Waals surface area contributed by atoms with Crippen molar-refractivity contribution in [2.45, 2.75) is 6.10 Å². The van der Waals surface area contributed by atoms with Gasteiger partial charge in [-0.25, -0.2) is 14.0 Å². The molecule has 0 spiro atoms. The van der Waals surface area contributed by atoms with Crippen LogP contribution in [0.2, 0.25) is 0 Å². The number of fused-ring (bicyclic) bond motifs is 1. The predicted octanol–water partition coefficient (Wildman–Crippen LogP) is 1.86. The number of esters is 1. The van der Waals surface area contributed by atoms with Gasteiger partial charge in [-0.05, 0) is 24.3 Å². The summed E-state index contributed by atoms with van der Waals surface area (Å²) in [7, 11) is 0. The van der Waals surface area contributed by atoms with Crippen LogP contribution in [0.25, 0.3) is 0 Å². The molecule has 0 unspecified atom stereocenters. The van der Waals surface area contributed by atoms with Gasteiger partial charge in [-0.2, -0.15) is 0 Å². The maximum Gasteiger partial charge on any atom is 0.351 e. The van der Waals surface area contributed by atoms with E-state index >= 15 is 0 Å². The van der Waals surface area contributed by atoms with E-state index in [1.165, 1.54) is 18.2 Å². The number of para-hydroxylation sites is 3. The van der Waals surface area contributed by atoms with Crippen LogP contribution in [-0.2, 0) is 14.3 Å². The van der Waals surface area contributed by atoms with Crippen LogP contribution < -0.4 is 20.1 Å². The van der Waals surface area contributed by atoms with Gasteiger partial charge >= 0.3 is 12.0 Å². The van der Waals surface area contributed by atoms with E-state index in [-0.39, 0.29) is 12.3 Å². The molecule has 0 aliphatic carbocycles. The molecule has 2 aromatic carbocycles. The summed E-state index contributed by atoms with van der Waals surface area (Å²) in [5, 5.41) is 4.10. The quantitative estimate of drug-likeness (QED) is 0.792. The number of hydrogen-bond acceptors (Lipinski definition) is 6. The number of amides is 3. The number of hydrogen-bond donors (Lipinski definition) is 2. The fraction of sp³-hybridized carbons (Fsp3) is 0.167. The minimum absolute atomic E-state index is 0.0643. The van der Waals surface area contributed by atoms with Crippen LogP contribution >= 0.6 is 0 Å². The Bertz CT molecular complexity index is 872. The second-order valence-electron chi connectivity index (χ2n) is 5.45. The first-order chi connectivity index (χ1) is 13.0. The van der Waals surface area contributed by atoms with E-state index in [1.54, 1.807) is 24.3 Å². The molecule has 8 nitrogen and oxygen atoms in total. The van der Waals surface area contributed by atoms with Gasteiger partial charge in [-0.3, -0.25) is 10.1 Å². The van der Waals surface area contributed by atoms with Gasteiger partial charge in [0, 0.05) is 0 Å². The molecule has 3 amide bonds. The first-order valence-corrected chi connectivity index (χ1v) is 7.93. The maximum absolute atomic E-state index is 13.4. The number of urea groups is 1. The van der Waals surface area contributed by atoms with Crippen molar-refractivity contribution in [3.63, 3.8) is 0 Å². The molecule has 0 radical (unpaired) electrons. The highest BCUT2D eigenvalue weighted by atomic mass is 19.1. The van der Waals surface area contributed by atoms with Crippen molar-refractivity contribution in [1.82, 2.24) is 5.32 Å². The molecular weight excluding hydrogens is 359 g/mol. The van der Waals surface area contributed by atoms with Gasteiger partial charge in [0.2, 0.25) is 6.10 Å². The van der Waals surface area contributed by atoms with Gasteiger partial charge in [-0.1, -0.05) is 24.3 Å². The molecule has 0 saturated carbocycles. The van der Waals surface area contributed by atoms with E-state index in [9.17, 15) is 18.8 Å². The van der Waals surface area contributed by atoms with Crippen molar-refractivity contribution in [3.8, 4) is 11.5 Å². The molecular formula is C18H15FN2O6. The number of ether oxygens (including phenoxy) is 3. The third-order valence-electron chi connectivity index (χ3n) is 3.49. The zero-order chi connectivity index (χ0) is 19.2. The minimum Gasteiger partial charge on any atom is -0.485 e. The number of rotatable bonds is 4. The summed E-state index contributed by atoms with van der Waals surface area (Å²) in [6.45, 7) is -0.768. The van der Waals surface area contributed by atoms with Crippen LogP contribution in [0.15, 0.2) is 48.5 Å². The van der Waals surface area contributed by atoms with Crippen molar-refractivity contribution >= 4 is 23.6 Å². The van der Waals surface area contributed by atoms with Crippen molar-refractivity contribution in [1.29, 1.82) is 0 Å². The standard InChI is InChI=1S/C18H15FN2O6/c19-11-5-1-2-6-12(11)20-18(24)21-16(22)10-26-17(23)15-9-25-13-7-3-4-8-14(13)27-15/h1-8,15H,9-10H2,(H2,20,21,22,24)/t15-/m1/s1. The fourth-order valence-corrected chi connectivity index (χ4v) is 2.24. The lowest BCUT2D eigenvalue weighted by atomic mass is 10.2. The van der Waals surface area contributed by atoms with E-state index in [1.807, 2.05) is 5.32 Å². The summed E-state index contributed by atoms with van der Waals surface area (Å²) >= 11 is 0. The highest BCUT2D eigenvalue weighted by molar-refractivity contribution is 6.02. The zero-order valence-corrected chi connectivity index (χ0v) is 13.9. The van der Waals surface area contributed by atoms with Gasteiger partial charge in [0.05, 0.1) is 5.69 Å². The number of carbonyl (C=O) groups excluding carboxylic acids is 3. The van der Waals surface area contributed by atoms with Crippen LogP contribution in [0.3, 0.4) is 0 Å². The average molecular weight is 374 g/mol. The minimum atomic E-state index is -1.03. The van der Waals surface area contributed by atoms with Crippen LogP contribution in [-0.4, -0.2) is 37.2 Å². The molecule has 2 aromatic rings. The van der Waals surface area contributed by atoms with Gasteiger partial charge in [0.25, 0.3) is 5.91 Å². The van der Waals surface area contributed by atoms with E-state index in [0.717, 1.165) is 6.07 Å². The Morgan fingerprint density at radius 3 is 2.56 bits per heavy atom. The number of anilines is 1.